The van der Waals surface area contributed by atoms with Gasteiger partial charge in [-0.15, -0.1) is 0 Å². The highest BCUT2D eigenvalue weighted by molar-refractivity contribution is 5.84. The quantitative estimate of drug-likeness (QED) is 0.541. The van der Waals surface area contributed by atoms with Crippen molar-refractivity contribution >= 4 is 28.4 Å². The van der Waals surface area contributed by atoms with Crippen LogP contribution in [0.15, 0.2) is 60.9 Å². The first kappa shape index (κ1) is 19.4. The largest absolute Gasteiger partial charge is 0.497 e. The van der Waals surface area contributed by atoms with E-state index in [1.165, 1.54) is 0 Å². The number of anilines is 1. The highest BCUT2D eigenvalue weighted by Gasteiger charge is 2.28. The summed E-state index contributed by atoms with van der Waals surface area (Å²) in [6, 6.07) is 15.8. The van der Waals surface area contributed by atoms with Crippen LogP contribution in [0, 0.1) is 5.92 Å². The molecule has 0 saturated carbocycles. The van der Waals surface area contributed by atoms with Gasteiger partial charge in [-0.3, -0.25) is 4.79 Å². The maximum Gasteiger partial charge on any atom is 0.225 e. The van der Waals surface area contributed by atoms with Crippen LogP contribution in [-0.2, 0) is 11.3 Å². The van der Waals surface area contributed by atoms with Gasteiger partial charge in [0.1, 0.15) is 5.75 Å². The topological polar surface area (TPSA) is 71.8 Å². The summed E-state index contributed by atoms with van der Waals surface area (Å²) in [6.07, 6.45) is 5.63. The van der Waals surface area contributed by atoms with Crippen LogP contribution < -0.4 is 15.0 Å². The summed E-state index contributed by atoms with van der Waals surface area (Å²) >= 11 is 0. The first-order chi connectivity index (χ1) is 15.2. The van der Waals surface area contributed by atoms with Crippen LogP contribution >= 0.6 is 0 Å². The van der Waals surface area contributed by atoms with Gasteiger partial charge in [0.15, 0.2) is 11.5 Å². The predicted molar refractivity (Wildman–Crippen MR) is 120 cm³/mol. The second kappa shape index (κ2) is 8.26. The minimum Gasteiger partial charge on any atom is -0.497 e. The van der Waals surface area contributed by atoms with Crippen LogP contribution in [0.4, 0.5) is 5.82 Å². The highest BCUT2D eigenvalue weighted by atomic mass is 16.5. The molecule has 0 aliphatic carbocycles. The zero-order valence-corrected chi connectivity index (χ0v) is 17.5. The molecule has 1 aromatic carbocycles. The molecule has 158 valence electrons. The molecule has 1 aliphatic rings. The Bertz CT molecular complexity index is 1240. The molecule has 1 N–H and O–H groups in total. The Kier molecular flexibility index (Phi) is 5.16. The van der Waals surface area contributed by atoms with E-state index in [9.17, 15) is 4.79 Å². The molecule has 7 heteroatoms. The lowest BCUT2D eigenvalue weighted by Crippen LogP contribution is -2.43. The van der Waals surface area contributed by atoms with Gasteiger partial charge in [0, 0.05) is 32.0 Å². The fourth-order valence-electron chi connectivity index (χ4n) is 4.33. The van der Waals surface area contributed by atoms with Gasteiger partial charge < -0.3 is 19.4 Å². The molecule has 0 spiro atoms. The molecule has 0 unspecified atom stereocenters. The van der Waals surface area contributed by atoms with Gasteiger partial charge in [-0.05, 0) is 54.8 Å². The van der Waals surface area contributed by atoms with Crippen LogP contribution in [0.25, 0.3) is 16.7 Å². The zero-order valence-electron chi connectivity index (χ0n) is 17.5. The Morgan fingerprint density at radius 1 is 1.19 bits per heavy atom. The van der Waals surface area contributed by atoms with Gasteiger partial charge in [-0.2, -0.15) is 0 Å². The third kappa shape index (κ3) is 3.79. The normalized spacial score (nSPS) is 16.5. The molecule has 31 heavy (non-hydrogen) atoms. The number of fused-ring (bicyclic) bond motifs is 3. The van der Waals surface area contributed by atoms with Gasteiger partial charge in [0.25, 0.3) is 0 Å². The Balaban J connectivity index is 1.34. The van der Waals surface area contributed by atoms with Crippen molar-refractivity contribution in [2.45, 2.75) is 19.4 Å². The number of hydrogen-bond donors (Lipinski definition) is 1. The first-order valence-corrected chi connectivity index (χ1v) is 10.6. The van der Waals surface area contributed by atoms with Crippen LogP contribution in [0.2, 0.25) is 0 Å². The average molecular weight is 415 g/mol. The number of ether oxygens (including phenoxy) is 1. The molecule has 4 heterocycles. The van der Waals surface area contributed by atoms with Gasteiger partial charge >= 0.3 is 0 Å². The number of amides is 1. The van der Waals surface area contributed by atoms with Crippen molar-refractivity contribution in [2.24, 2.45) is 5.92 Å². The third-order valence-electron chi connectivity index (χ3n) is 5.91. The van der Waals surface area contributed by atoms with Crippen molar-refractivity contribution in [1.29, 1.82) is 0 Å². The number of nitrogens with one attached hydrogen (secondary N) is 1. The van der Waals surface area contributed by atoms with Crippen molar-refractivity contribution in [1.82, 2.24) is 19.7 Å². The zero-order chi connectivity index (χ0) is 21.2. The number of methoxy groups -OCH3 is 1. The Morgan fingerprint density at radius 3 is 3.00 bits per heavy atom. The molecule has 7 nitrogen and oxygen atoms in total. The summed E-state index contributed by atoms with van der Waals surface area (Å²) in [5.74, 6) is 1.69. The van der Waals surface area contributed by atoms with E-state index < -0.39 is 0 Å². The fraction of sp³-hybridized carbons (Fsp3) is 0.292. The molecule has 0 bridgehead atoms. The van der Waals surface area contributed by atoms with E-state index in [1.807, 2.05) is 48.7 Å². The Labute approximate surface area is 180 Å². The van der Waals surface area contributed by atoms with Crippen LogP contribution in [0.1, 0.15) is 18.4 Å². The second-order valence-corrected chi connectivity index (χ2v) is 7.90. The van der Waals surface area contributed by atoms with Crippen molar-refractivity contribution in [3.63, 3.8) is 0 Å². The van der Waals surface area contributed by atoms with Crippen LogP contribution in [0.3, 0.4) is 0 Å². The van der Waals surface area contributed by atoms with Gasteiger partial charge in [-0.25, -0.2) is 9.97 Å². The summed E-state index contributed by atoms with van der Waals surface area (Å²) in [4.78, 5) is 24.5. The Morgan fingerprint density at radius 2 is 2.10 bits per heavy atom. The maximum atomic E-state index is 12.9. The van der Waals surface area contributed by atoms with Crippen LogP contribution in [-0.4, -0.2) is 40.5 Å². The first-order valence-electron chi connectivity index (χ1n) is 10.6. The molecule has 3 aromatic heterocycles. The van der Waals surface area contributed by atoms with E-state index in [0.29, 0.717) is 18.7 Å². The van der Waals surface area contributed by atoms with E-state index >= 15 is 0 Å². The number of piperidine rings is 1. The SMILES string of the molecule is COc1cccc(CNC(=O)[C@@H]2CCCN(c3nc4ncccc4n4cccc34)C2)c1. The van der Waals surface area contributed by atoms with E-state index in [-0.39, 0.29) is 11.8 Å². The molecular formula is C24H25N5O2. The molecule has 5 rings (SSSR count). The second-order valence-electron chi connectivity index (χ2n) is 7.90. The van der Waals surface area contributed by atoms with E-state index in [0.717, 1.165) is 47.6 Å². The summed E-state index contributed by atoms with van der Waals surface area (Å²) in [6.45, 7) is 2.02. The number of rotatable bonds is 5. The summed E-state index contributed by atoms with van der Waals surface area (Å²) in [5, 5.41) is 3.09. The molecule has 1 aliphatic heterocycles. The number of nitrogens with zero attached hydrogens (tertiary/aromatic N) is 4. The van der Waals surface area contributed by atoms with Crippen molar-refractivity contribution in [3.8, 4) is 5.75 Å². The Hall–Kier alpha value is -3.61. The molecule has 1 amide bonds. The lowest BCUT2D eigenvalue weighted by atomic mass is 9.97. The van der Waals surface area contributed by atoms with E-state index in [4.69, 9.17) is 9.72 Å². The molecular weight excluding hydrogens is 390 g/mol. The molecule has 1 fully saturated rings. The standard InChI is InChI=1S/C24H25N5O2/c1-31-19-8-2-6-17(14-19)15-26-24(30)18-7-4-12-28(16-18)23-21-10-5-13-29(21)20-9-3-11-25-22(20)27-23/h2-3,5-6,8-11,13-14,18H,4,7,12,15-16H2,1H3,(H,26,30)/t18-/m1/s1. The predicted octanol–water partition coefficient (Wildman–Crippen LogP) is 3.42. The number of benzene rings is 1. The molecule has 4 aromatic rings. The molecule has 1 atom stereocenters. The summed E-state index contributed by atoms with van der Waals surface area (Å²) < 4.78 is 7.39. The highest BCUT2D eigenvalue weighted by Crippen LogP contribution is 2.28. The minimum absolute atomic E-state index is 0.0735. The molecule has 0 radical (unpaired) electrons. The number of carbonyl (C=O) groups excluding carboxylic acids is 1. The van der Waals surface area contributed by atoms with Crippen molar-refractivity contribution < 1.29 is 9.53 Å². The number of carbonyl (C=O) groups is 1. The van der Waals surface area contributed by atoms with Gasteiger partial charge in [0.2, 0.25) is 5.91 Å². The van der Waals surface area contributed by atoms with E-state index in [2.05, 4.69) is 25.7 Å². The third-order valence-corrected chi connectivity index (χ3v) is 5.91. The fourth-order valence-corrected chi connectivity index (χ4v) is 4.33. The lowest BCUT2D eigenvalue weighted by molar-refractivity contribution is -0.125. The molecule has 1 saturated heterocycles. The number of hydrogen-bond acceptors (Lipinski definition) is 5. The van der Waals surface area contributed by atoms with Crippen LogP contribution in [0.5, 0.6) is 5.75 Å². The van der Waals surface area contributed by atoms with E-state index in [1.54, 1.807) is 13.3 Å². The number of aromatic nitrogens is 3. The summed E-state index contributed by atoms with van der Waals surface area (Å²) in [7, 11) is 1.65. The summed E-state index contributed by atoms with van der Waals surface area (Å²) in [5.41, 5.74) is 3.76. The van der Waals surface area contributed by atoms with Crippen molar-refractivity contribution in [2.75, 3.05) is 25.1 Å². The minimum atomic E-state index is -0.0735. The monoisotopic (exact) mass is 415 g/mol. The van der Waals surface area contributed by atoms with Gasteiger partial charge in [0.05, 0.1) is 24.1 Å². The maximum absolute atomic E-state index is 12.9. The van der Waals surface area contributed by atoms with Crippen molar-refractivity contribution in [3.05, 3.63) is 66.5 Å². The lowest BCUT2D eigenvalue weighted by Gasteiger charge is -2.33. The van der Waals surface area contributed by atoms with Gasteiger partial charge in [-0.1, -0.05) is 12.1 Å². The number of pyridine rings is 1. The average Bonchev–Trinajstić information content (AvgIpc) is 3.32. The smallest absolute Gasteiger partial charge is 0.225 e.